The Morgan fingerprint density at radius 2 is 1.57 bits per heavy atom. The smallest absolute Gasteiger partial charge is 0.339 e. The van der Waals surface area contributed by atoms with E-state index in [4.69, 9.17) is 0 Å². The van der Waals surface area contributed by atoms with Crippen molar-refractivity contribution in [3.05, 3.63) is 60.2 Å². The predicted molar refractivity (Wildman–Crippen MR) is 110 cm³/mol. The topological polar surface area (TPSA) is 52.7 Å². The lowest BCUT2D eigenvalue weighted by atomic mass is 10.1. The first-order valence-electron chi connectivity index (χ1n) is 9.47. The molecule has 3 rings (SSSR count). The number of nitrogens with zero attached hydrogens (tertiary/aromatic N) is 2. The van der Waals surface area contributed by atoms with Crippen LogP contribution in [0.1, 0.15) is 5.56 Å². The summed E-state index contributed by atoms with van der Waals surface area (Å²) in [6.07, 6.45) is -4.53. The summed E-state index contributed by atoms with van der Waals surface area (Å²) in [6.45, 7) is 1.94. The molecule has 1 saturated heterocycles. The van der Waals surface area contributed by atoms with Crippen molar-refractivity contribution >= 4 is 29.3 Å². The van der Waals surface area contributed by atoms with Crippen molar-refractivity contribution in [2.45, 2.75) is 11.1 Å². The summed E-state index contributed by atoms with van der Waals surface area (Å²) in [5.74, 6) is -0.128. The highest BCUT2D eigenvalue weighted by atomic mass is 32.2. The van der Waals surface area contributed by atoms with E-state index in [1.807, 2.05) is 35.2 Å². The third-order valence-electron chi connectivity index (χ3n) is 4.70. The second-order valence-electron chi connectivity index (χ2n) is 6.85. The zero-order valence-corrected chi connectivity index (χ0v) is 17.0. The van der Waals surface area contributed by atoms with Gasteiger partial charge in [0.05, 0.1) is 23.5 Å². The van der Waals surface area contributed by atoms with Crippen molar-refractivity contribution in [3.8, 4) is 0 Å². The van der Waals surface area contributed by atoms with Crippen molar-refractivity contribution in [2.24, 2.45) is 0 Å². The largest absolute Gasteiger partial charge is 0.418 e. The molecule has 1 aliphatic rings. The lowest BCUT2D eigenvalue weighted by Gasteiger charge is -2.34. The molecular formula is C21H22F3N3O2S. The van der Waals surface area contributed by atoms with Gasteiger partial charge in [-0.15, -0.1) is 11.8 Å². The first-order chi connectivity index (χ1) is 14.3. The maximum atomic E-state index is 13.0. The first kappa shape index (κ1) is 22.2. The fraction of sp³-hybridized carbons (Fsp3) is 0.333. The Kier molecular flexibility index (Phi) is 7.38. The van der Waals surface area contributed by atoms with Crippen molar-refractivity contribution in [1.29, 1.82) is 0 Å². The molecule has 0 aromatic heterocycles. The molecule has 2 amide bonds. The summed E-state index contributed by atoms with van der Waals surface area (Å²) in [4.78, 5) is 29.2. The van der Waals surface area contributed by atoms with Gasteiger partial charge in [0.25, 0.3) is 0 Å². The van der Waals surface area contributed by atoms with Crippen LogP contribution in [0.2, 0.25) is 0 Å². The highest BCUT2D eigenvalue weighted by molar-refractivity contribution is 8.00. The monoisotopic (exact) mass is 437 g/mol. The predicted octanol–water partition coefficient (Wildman–Crippen LogP) is 3.58. The minimum Gasteiger partial charge on any atom is -0.339 e. The van der Waals surface area contributed by atoms with Crippen molar-refractivity contribution in [2.75, 3.05) is 43.8 Å². The van der Waals surface area contributed by atoms with E-state index in [2.05, 4.69) is 5.32 Å². The van der Waals surface area contributed by atoms with Gasteiger partial charge in [0, 0.05) is 31.1 Å². The average molecular weight is 437 g/mol. The van der Waals surface area contributed by atoms with Crippen LogP contribution >= 0.6 is 11.8 Å². The van der Waals surface area contributed by atoms with E-state index in [1.165, 1.54) is 30.0 Å². The Bertz CT molecular complexity index is 869. The molecule has 30 heavy (non-hydrogen) atoms. The first-order valence-corrected chi connectivity index (χ1v) is 10.5. The normalized spacial score (nSPS) is 15.1. The number of piperazine rings is 1. The molecular weight excluding hydrogens is 415 g/mol. The Balaban J connectivity index is 1.44. The fourth-order valence-corrected chi connectivity index (χ4v) is 3.96. The summed E-state index contributed by atoms with van der Waals surface area (Å²) < 4.78 is 39.1. The molecule has 2 aromatic rings. The van der Waals surface area contributed by atoms with E-state index < -0.39 is 17.6 Å². The highest BCUT2D eigenvalue weighted by Gasteiger charge is 2.33. The zero-order chi connectivity index (χ0) is 21.6. The van der Waals surface area contributed by atoms with Gasteiger partial charge in [-0.25, -0.2) is 0 Å². The van der Waals surface area contributed by atoms with Crippen LogP contribution in [-0.4, -0.2) is 60.1 Å². The minimum atomic E-state index is -4.53. The summed E-state index contributed by atoms with van der Waals surface area (Å²) in [6, 6.07) is 14.6. The van der Waals surface area contributed by atoms with Gasteiger partial charge in [-0.3, -0.25) is 14.5 Å². The number of para-hydroxylation sites is 1. The number of thioether (sulfide) groups is 1. The molecule has 0 bridgehead atoms. The van der Waals surface area contributed by atoms with E-state index in [0.717, 1.165) is 11.0 Å². The maximum Gasteiger partial charge on any atom is 0.418 e. The lowest BCUT2D eigenvalue weighted by Crippen LogP contribution is -2.50. The summed E-state index contributed by atoms with van der Waals surface area (Å²) >= 11 is 1.48. The number of hydrogen-bond donors (Lipinski definition) is 1. The van der Waals surface area contributed by atoms with E-state index in [0.29, 0.717) is 31.9 Å². The minimum absolute atomic E-state index is 0.0208. The third-order valence-corrected chi connectivity index (χ3v) is 5.70. The molecule has 1 aliphatic heterocycles. The number of nitrogens with one attached hydrogen (secondary N) is 1. The SMILES string of the molecule is O=C(CN1CCN(C(=O)CSc2ccccc2)CC1)Nc1ccccc1C(F)(F)F. The molecule has 1 fully saturated rings. The Morgan fingerprint density at radius 3 is 2.23 bits per heavy atom. The number of halogens is 3. The number of alkyl halides is 3. The lowest BCUT2D eigenvalue weighted by molar-refractivity contribution is -0.137. The van der Waals surface area contributed by atoms with Gasteiger partial charge in [-0.05, 0) is 24.3 Å². The van der Waals surface area contributed by atoms with E-state index in [9.17, 15) is 22.8 Å². The van der Waals surface area contributed by atoms with Gasteiger partial charge in [-0.2, -0.15) is 13.2 Å². The number of benzene rings is 2. The quantitative estimate of drug-likeness (QED) is 0.702. The number of amides is 2. The van der Waals surface area contributed by atoms with Crippen LogP contribution in [-0.2, 0) is 15.8 Å². The Labute approximate surface area is 177 Å². The molecule has 0 saturated carbocycles. The second-order valence-corrected chi connectivity index (χ2v) is 7.90. The number of hydrogen-bond acceptors (Lipinski definition) is 4. The van der Waals surface area contributed by atoms with Crippen LogP contribution in [0.3, 0.4) is 0 Å². The van der Waals surface area contributed by atoms with Crippen molar-refractivity contribution < 1.29 is 22.8 Å². The van der Waals surface area contributed by atoms with E-state index in [-0.39, 0.29) is 18.1 Å². The van der Waals surface area contributed by atoms with Gasteiger partial charge in [0.15, 0.2) is 0 Å². The molecule has 160 valence electrons. The highest BCUT2D eigenvalue weighted by Crippen LogP contribution is 2.34. The number of rotatable bonds is 6. The Hall–Kier alpha value is -2.52. The van der Waals surface area contributed by atoms with Crippen LogP contribution in [0.4, 0.5) is 18.9 Å². The number of anilines is 1. The van der Waals surface area contributed by atoms with Crippen LogP contribution in [0, 0.1) is 0 Å². The summed E-state index contributed by atoms with van der Waals surface area (Å²) in [5, 5.41) is 2.35. The van der Waals surface area contributed by atoms with Gasteiger partial charge < -0.3 is 10.2 Å². The van der Waals surface area contributed by atoms with Crippen molar-refractivity contribution in [1.82, 2.24) is 9.80 Å². The molecule has 0 radical (unpaired) electrons. The molecule has 1 heterocycles. The standard InChI is InChI=1S/C21H22F3N3O2S/c22-21(23,24)17-8-4-5-9-18(17)25-19(28)14-26-10-12-27(13-11-26)20(29)15-30-16-6-2-1-3-7-16/h1-9H,10-15H2,(H,25,28). The molecule has 2 aromatic carbocycles. The van der Waals surface area contributed by atoms with E-state index >= 15 is 0 Å². The third kappa shape index (κ3) is 6.24. The molecule has 0 spiro atoms. The molecule has 0 aliphatic carbocycles. The molecule has 0 atom stereocenters. The van der Waals surface area contributed by atoms with Crippen LogP contribution in [0.5, 0.6) is 0 Å². The van der Waals surface area contributed by atoms with E-state index in [1.54, 1.807) is 4.90 Å². The van der Waals surface area contributed by atoms with Gasteiger partial charge >= 0.3 is 6.18 Å². The van der Waals surface area contributed by atoms with Gasteiger partial charge in [0.2, 0.25) is 11.8 Å². The van der Waals surface area contributed by atoms with Crippen LogP contribution < -0.4 is 5.32 Å². The number of carbonyl (C=O) groups excluding carboxylic acids is 2. The summed E-state index contributed by atoms with van der Waals surface area (Å²) in [7, 11) is 0. The van der Waals surface area contributed by atoms with Crippen molar-refractivity contribution in [3.63, 3.8) is 0 Å². The average Bonchev–Trinajstić information content (AvgIpc) is 2.73. The van der Waals surface area contributed by atoms with Crippen LogP contribution in [0.25, 0.3) is 0 Å². The summed E-state index contributed by atoms with van der Waals surface area (Å²) in [5.41, 5.74) is -1.12. The molecule has 9 heteroatoms. The van der Waals surface area contributed by atoms with Gasteiger partial charge in [0.1, 0.15) is 0 Å². The number of carbonyl (C=O) groups is 2. The Morgan fingerprint density at radius 1 is 0.933 bits per heavy atom. The van der Waals surface area contributed by atoms with Gasteiger partial charge in [-0.1, -0.05) is 30.3 Å². The fourth-order valence-electron chi connectivity index (χ4n) is 3.14. The molecule has 1 N–H and O–H groups in total. The maximum absolute atomic E-state index is 13.0. The zero-order valence-electron chi connectivity index (χ0n) is 16.2. The second kappa shape index (κ2) is 9.99. The molecule has 0 unspecified atom stereocenters. The molecule has 5 nitrogen and oxygen atoms in total. The van der Waals surface area contributed by atoms with Crippen LogP contribution in [0.15, 0.2) is 59.5 Å².